The van der Waals surface area contributed by atoms with E-state index >= 15 is 0 Å². The lowest BCUT2D eigenvalue weighted by Gasteiger charge is -2.08. The van der Waals surface area contributed by atoms with Crippen molar-refractivity contribution in [3.8, 4) is 0 Å². The number of carbonyl (C=O) groups is 2. The van der Waals surface area contributed by atoms with Crippen LogP contribution >= 0.6 is 11.3 Å². The normalized spacial score (nSPS) is 13.4. The lowest BCUT2D eigenvalue weighted by molar-refractivity contribution is -0.385. The van der Waals surface area contributed by atoms with Gasteiger partial charge in [0.05, 0.1) is 17.1 Å². The summed E-state index contributed by atoms with van der Waals surface area (Å²) in [7, 11) is 0. The zero-order valence-electron chi connectivity index (χ0n) is 14.9. The van der Waals surface area contributed by atoms with Gasteiger partial charge in [0.25, 0.3) is 11.6 Å². The highest BCUT2D eigenvalue weighted by Gasteiger charge is 2.28. The van der Waals surface area contributed by atoms with E-state index in [4.69, 9.17) is 4.74 Å². The van der Waals surface area contributed by atoms with Crippen LogP contribution in [0.15, 0.2) is 24.3 Å². The molecule has 0 saturated heterocycles. The topological polar surface area (TPSA) is 98.5 Å². The first-order valence-electron chi connectivity index (χ1n) is 8.89. The summed E-state index contributed by atoms with van der Waals surface area (Å²) in [5.41, 5.74) is 1.02. The summed E-state index contributed by atoms with van der Waals surface area (Å²) in [6.07, 6.45) is 4.73. The van der Waals surface area contributed by atoms with Crippen LogP contribution in [0, 0.1) is 10.1 Å². The third-order valence-corrected chi connectivity index (χ3v) is 5.68. The van der Waals surface area contributed by atoms with Gasteiger partial charge in [0, 0.05) is 10.9 Å². The van der Waals surface area contributed by atoms with Crippen molar-refractivity contribution < 1.29 is 19.2 Å². The Bertz CT molecular complexity index is 890. The predicted molar refractivity (Wildman–Crippen MR) is 103 cm³/mol. The molecule has 0 fully saturated rings. The largest absolute Gasteiger partial charge is 0.462 e. The number of thiophene rings is 1. The van der Waals surface area contributed by atoms with Gasteiger partial charge in [0.2, 0.25) is 0 Å². The maximum Gasteiger partial charge on any atom is 0.341 e. The van der Waals surface area contributed by atoms with Gasteiger partial charge >= 0.3 is 5.97 Å². The molecule has 3 rings (SSSR count). The second-order valence-corrected chi connectivity index (χ2v) is 7.32. The first-order chi connectivity index (χ1) is 13.0. The predicted octanol–water partition coefficient (Wildman–Crippen LogP) is 4.35. The van der Waals surface area contributed by atoms with Crippen molar-refractivity contribution >= 4 is 33.9 Å². The number of benzene rings is 1. The van der Waals surface area contributed by atoms with Gasteiger partial charge < -0.3 is 10.1 Å². The van der Waals surface area contributed by atoms with E-state index in [0.29, 0.717) is 10.6 Å². The van der Waals surface area contributed by atoms with E-state index in [-0.39, 0.29) is 17.9 Å². The Kier molecular flexibility index (Phi) is 5.85. The van der Waals surface area contributed by atoms with Gasteiger partial charge in [0.15, 0.2) is 0 Å². The number of hydrogen-bond donors (Lipinski definition) is 1. The van der Waals surface area contributed by atoms with Crippen molar-refractivity contribution in [2.45, 2.75) is 39.0 Å². The first kappa shape index (κ1) is 19.0. The molecule has 1 heterocycles. The lowest BCUT2D eigenvalue weighted by Crippen LogP contribution is -2.16. The van der Waals surface area contributed by atoms with Crippen LogP contribution in [-0.4, -0.2) is 23.4 Å². The smallest absolute Gasteiger partial charge is 0.341 e. The number of para-hydroxylation sites is 1. The van der Waals surface area contributed by atoms with Gasteiger partial charge in [0.1, 0.15) is 10.6 Å². The van der Waals surface area contributed by atoms with E-state index in [0.717, 1.165) is 42.5 Å². The number of nitro benzene ring substituents is 1. The number of carbonyl (C=O) groups excluding carboxylic acids is 2. The molecular weight excluding hydrogens is 368 g/mol. The number of esters is 1. The molecule has 1 aromatic heterocycles. The van der Waals surface area contributed by atoms with E-state index in [1.165, 1.54) is 29.5 Å². The average molecular weight is 388 g/mol. The molecule has 7 nitrogen and oxygen atoms in total. The van der Waals surface area contributed by atoms with Crippen molar-refractivity contribution in [2.24, 2.45) is 0 Å². The molecule has 1 amide bonds. The van der Waals surface area contributed by atoms with Crippen LogP contribution in [0.25, 0.3) is 0 Å². The molecule has 2 aromatic rings. The monoisotopic (exact) mass is 388 g/mol. The molecule has 0 unspecified atom stereocenters. The SMILES string of the molecule is CCOC(=O)c1c(NC(=O)c2ccccc2[N+](=O)[O-])sc2c1CCCCC2. The van der Waals surface area contributed by atoms with E-state index < -0.39 is 16.8 Å². The molecule has 1 aromatic carbocycles. The molecule has 1 N–H and O–H groups in total. The van der Waals surface area contributed by atoms with Gasteiger partial charge in [-0.3, -0.25) is 14.9 Å². The van der Waals surface area contributed by atoms with Crippen LogP contribution < -0.4 is 5.32 Å². The highest BCUT2D eigenvalue weighted by molar-refractivity contribution is 7.17. The standard InChI is InChI=1S/C19H20N2O5S/c1-2-26-19(23)16-13-9-4-3-5-11-15(13)27-18(16)20-17(22)12-8-6-7-10-14(12)21(24)25/h6-8,10H,2-5,9,11H2,1H3,(H,20,22). The fourth-order valence-electron chi connectivity index (χ4n) is 3.25. The van der Waals surface area contributed by atoms with Crippen molar-refractivity contribution in [3.05, 3.63) is 55.9 Å². The van der Waals surface area contributed by atoms with Crippen LogP contribution in [0.3, 0.4) is 0 Å². The molecule has 8 heteroatoms. The van der Waals surface area contributed by atoms with Gasteiger partial charge in [-0.2, -0.15) is 0 Å². The number of fused-ring (bicyclic) bond motifs is 1. The second-order valence-electron chi connectivity index (χ2n) is 6.22. The average Bonchev–Trinajstić information content (AvgIpc) is 2.82. The molecular formula is C19H20N2O5S. The number of anilines is 1. The number of nitro groups is 1. The Morgan fingerprint density at radius 1 is 1.22 bits per heavy atom. The van der Waals surface area contributed by atoms with Crippen molar-refractivity contribution in [2.75, 3.05) is 11.9 Å². The molecule has 1 aliphatic rings. The number of rotatable bonds is 5. The molecule has 0 bridgehead atoms. The highest BCUT2D eigenvalue weighted by atomic mass is 32.1. The van der Waals surface area contributed by atoms with Gasteiger partial charge in [-0.15, -0.1) is 11.3 Å². The number of nitrogens with zero attached hydrogens (tertiary/aromatic N) is 1. The summed E-state index contributed by atoms with van der Waals surface area (Å²) in [6.45, 7) is 1.97. The number of ether oxygens (including phenoxy) is 1. The molecule has 0 aliphatic heterocycles. The van der Waals surface area contributed by atoms with Crippen molar-refractivity contribution in [1.29, 1.82) is 0 Å². The Morgan fingerprint density at radius 2 is 1.96 bits per heavy atom. The molecule has 0 spiro atoms. The minimum Gasteiger partial charge on any atom is -0.462 e. The van der Waals surface area contributed by atoms with Crippen LogP contribution in [0.2, 0.25) is 0 Å². The quantitative estimate of drug-likeness (QED) is 0.355. The second kappa shape index (κ2) is 8.30. The first-order valence-corrected chi connectivity index (χ1v) is 9.71. The maximum atomic E-state index is 12.7. The summed E-state index contributed by atoms with van der Waals surface area (Å²) in [5, 5.41) is 14.3. The molecule has 27 heavy (non-hydrogen) atoms. The fourth-order valence-corrected chi connectivity index (χ4v) is 4.52. The Balaban J connectivity index is 1.98. The van der Waals surface area contributed by atoms with Gasteiger partial charge in [-0.05, 0) is 44.2 Å². The van der Waals surface area contributed by atoms with Crippen LogP contribution in [-0.2, 0) is 17.6 Å². The van der Waals surface area contributed by atoms with E-state index in [1.807, 2.05) is 0 Å². The number of hydrogen-bond acceptors (Lipinski definition) is 6. The Morgan fingerprint density at radius 3 is 2.70 bits per heavy atom. The molecule has 0 radical (unpaired) electrons. The third-order valence-electron chi connectivity index (χ3n) is 4.47. The number of nitrogens with one attached hydrogen (secondary N) is 1. The van der Waals surface area contributed by atoms with Crippen molar-refractivity contribution in [1.82, 2.24) is 0 Å². The summed E-state index contributed by atoms with van der Waals surface area (Å²) < 4.78 is 5.19. The lowest BCUT2D eigenvalue weighted by atomic mass is 10.1. The summed E-state index contributed by atoms with van der Waals surface area (Å²) in [4.78, 5) is 36.9. The maximum absolute atomic E-state index is 12.7. The number of aryl methyl sites for hydroxylation is 1. The van der Waals surface area contributed by atoms with Crippen LogP contribution in [0.4, 0.5) is 10.7 Å². The summed E-state index contributed by atoms with van der Waals surface area (Å²) in [6, 6.07) is 5.75. The minimum absolute atomic E-state index is 0.0408. The third kappa shape index (κ3) is 4.00. The van der Waals surface area contributed by atoms with E-state index in [2.05, 4.69) is 5.32 Å². The van der Waals surface area contributed by atoms with Gasteiger partial charge in [-0.1, -0.05) is 18.6 Å². The van der Waals surface area contributed by atoms with Crippen LogP contribution in [0.5, 0.6) is 0 Å². The van der Waals surface area contributed by atoms with Crippen LogP contribution in [0.1, 0.15) is 57.3 Å². The van der Waals surface area contributed by atoms with Gasteiger partial charge in [-0.25, -0.2) is 4.79 Å². The summed E-state index contributed by atoms with van der Waals surface area (Å²) >= 11 is 1.36. The van der Waals surface area contributed by atoms with Crippen molar-refractivity contribution in [3.63, 3.8) is 0 Å². The molecule has 0 saturated carbocycles. The minimum atomic E-state index is -0.607. The summed E-state index contributed by atoms with van der Waals surface area (Å²) in [5.74, 6) is -1.07. The molecule has 142 valence electrons. The van der Waals surface area contributed by atoms with E-state index in [1.54, 1.807) is 13.0 Å². The zero-order valence-corrected chi connectivity index (χ0v) is 15.8. The Labute approximate surface area is 160 Å². The number of amides is 1. The molecule has 0 atom stereocenters. The Hall–Kier alpha value is -2.74. The fraction of sp³-hybridized carbons (Fsp3) is 0.368. The molecule has 1 aliphatic carbocycles. The highest BCUT2D eigenvalue weighted by Crippen LogP contribution is 2.38. The zero-order chi connectivity index (χ0) is 19.4. The van der Waals surface area contributed by atoms with E-state index in [9.17, 15) is 19.7 Å².